The Balaban J connectivity index is 1.58. The molecule has 4 rings (SSSR count). The molecule has 0 saturated heterocycles. The van der Waals surface area contributed by atoms with Crippen molar-refractivity contribution in [3.8, 4) is 0 Å². The SMILES string of the molecule is CCNC(c1cnn(C)c1)C1C2C3CCC(C3)C21. The van der Waals surface area contributed by atoms with E-state index in [-0.39, 0.29) is 0 Å². The molecular weight excluding hydrogens is 222 g/mol. The molecule has 0 amide bonds. The zero-order chi connectivity index (χ0) is 12.3. The number of aryl methyl sites for hydroxylation is 1. The van der Waals surface area contributed by atoms with Crippen LogP contribution in [-0.2, 0) is 7.05 Å². The van der Waals surface area contributed by atoms with Crippen molar-refractivity contribution < 1.29 is 0 Å². The van der Waals surface area contributed by atoms with Gasteiger partial charge in [-0.3, -0.25) is 4.68 Å². The van der Waals surface area contributed by atoms with Crippen LogP contribution < -0.4 is 5.32 Å². The summed E-state index contributed by atoms with van der Waals surface area (Å²) in [5.74, 6) is 5.09. The summed E-state index contributed by atoms with van der Waals surface area (Å²) in [4.78, 5) is 0. The van der Waals surface area contributed by atoms with Crippen LogP contribution in [-0.4, -0.2) is 16.3 Å². The molecule has 0 spiro atoms. The van der Waals surface area contributed by atoms with Crippen LogP contribution in [0.25, 0.3) is 0 Å². The van der Waals surface area contributed by atoms with Crippen molar-refractivity contribution in [2.75, 3.05) is 6.54 Å². The van der Waals surface area contributed by atoms with Crippen molar-refractivity contribution >= 4 is 0 Å². The van der Waals surface area contributed by atoms with Gasteiger partial charge in [-0.15, -0.1) is 0 Å². The average molecular weight is 245 g/mol. The zero-order valence-corrected chi connectivity index (χ0v) is 11.3. The molecule has 0 aliphatic heterocycles. The van der Waals surface area contributed by atoms with Crippen LogP contribution in [0.15, 0.2) is 12.4 Å². The topological polar surface area (TPSA) is 29.9 Å². The quantitative estimate of drug-likeness (QED) is 0.882. The predicted octanol–water partition coefficient (Wildman–Crippen LogP) is 2.36. The Morgan fingerprint density at radius 2 is 2.11 bits per heavy atom. The first kappa shape index (κ1) is 11.0. The third kappa shape index (κ3) is 1.43. The number of hydrogen-bond donors (Lipinski definition) is 1. The summed E-state index contributed by atoms with van der Waals surface area (Å²) in [6, 6.07) is 0.557. The summed E-state index contributed by atoms with van der Waals surface area (Å²) in [5.41, 5.74) is 1.40. The summed E-state index contributed by atoms with van der Waals surface area (Å²) in [7, 11) is 2.02. The third-order valence-corrected chi connectivity index (χ3v) is 5.69. The second-order valence-corrected chi connectivity index (χ2v) is 6.55. The van der Waals surface area contributed by atoms with E-state index < -0.39 is 0 Å². The van der Waals surface area contributed by atoms with E-state index in [9.17, 15) is 0 Å². The molecule has 5 unspecified atom stereocenters. The van der Waals surface area contributed by atoms with Gasteiger partial charge in [0.1, 0.15) is 0 Å². The minimum Gasteiger partial charge on any atom is -0.310 e. The van der Waals surface area contributed by atoms with E-state index in [0.29, 0.717) is 6.04 Å². The summed E-state index contributed by atoms with van der Waals surface area (Å²) in [6.45, 7) is 3.28. The molecule has 5 atom stereocenters. The molecule has 18 heavy (non-hydrogen) atoms. The largest absolute Gasteiger partial charge is 0.310 e. The Kier molecular flexibility index (Phi) is 2.35. The zero-order valence-electron chi connectivity index (χ0n) is 11.3. The fourth-order valence-corrected chi connectivity index (χ4v) is 5.14. The van der Waals surface area contributed by atoms with E-state index in [2.05, 4.69) is 29.7 Å². The molecule has 98 valence electrons. The number of aromatic nitrogens is 2. The van der Waals surface area contributed by atoms with Crippen molar-refractivity contribution in [2.24, 2.45) is 36.6 Å². The van der Waals surface area contributed by atoms with Crippen LogP contribution in [0.4, 0.5) is 0 Å². The van der Waals surface area contributed by atoms with Crippen molar-refractivity contribution in [1.82, 2.24) is 15.1 Å². The maximum atomic E-state index is 4.35. The Bertz CT molecular complexity index is 436. The molecule has 1 N–H and O–H groups in total. The smallest absolute Gasteiger partial charge is 0.0537 e. The number of nitrogens with zero attached hydrogens (tertiary/aromatic N) is 2. The van der Waals surface area contributed by atoms with Gasteiger partial charge in [0, 0.05) is 24.8 Å². The Morgan fingerprint density at radius 1 is 1.39 bits per heavy atom. The highest BCUT2D eigenvalue weighted by Gasteiger charge is 2.66. The number of fused-ring (bicyclic) bond motifs is 5. The number of nitrogens with one attached hydrogen (secondary N) is 1. The maximum Gasteiger partial charge on any atom is 0.0537 e. The van der Waals surface area contributed by atoms with Crippen LogP contribution >= 0.6 is 0 Å². The van der Waals surface area contributed by atoms with Crippen molar-refractivity contribution in [3.63, 3.8) is 0 Å². The van der Waals surface area contributed by atoms with Gasteiger partial charge in [0.2, 0.25) is 0 Å². The minimum atomic E-state index is 0.557. The van der Waals surface area contributed by atoms with E-state index >= 15 is 0 Å². The second-order valence-electron chi connectivity index (χ2n) is 6.55. The lowest BCUT2D eigenvalue weighted by Crippen LogP contribution is -2.25. The lowest BCUT2D eigenvalue weighted by molar-refractivity contribution is 0.374. The highest BCUT2D eigenvalue weighted by atomic mass is 15.2. The van der Waals surface area contributed by atoms with Gasteiger partial charge in [0.15, 0.2) is 0 Å². The first-order valence-corrected chi connectivity index (χ1v) is 7.51. The molecule has 1 aromatic heterocycles. The van der Waals surface area contributed by atoms with Crippen molar-refractivity contribution in [1.29, 1.82) is 0 Å². The standard InChI is InChI=1S/C15H23N3/c1-3-16-15(11-7-17-18(2)8-11)14-12-9-4-5-10(6-9)13(12)14/h7-10,12-16H,3-6H2,1-2H3. The van der Waals surface area contributed by atoms with E-state index in [1.54, 1.807) is 0 Å². The van der Waals surface area contributed by atoms with Crippen LogP contribution in [0, 0.1) is 29.6 Å². The molecule has 3 aliphatic carbocycles. The van der Waals surface area contributed by atoms with Crippen molar-refractivity contribution in [2.45, 2.75) is 32.2 Å². The van der Waals surface area contributed by atoms with Gasteiger partial charge in [0.05, 0.1) is 6.20 Å². The lowest BCUT2D eigenvalue weighted by atomic mass is 9.94. The van der Waals surface area contributed by atoms with Crippen molar-refractivity contribution in [3.05, 3.63) is 18.0 Å². The van der Waals surface area contributed by atoms with Crippen LogP contribution in [0.1, 0.15) is 37.8 Å². The van der Waals surface area contributed by atoms with Gasteiger partial charge < -0.3 is 5.32 Å². The Morgan fingerprint density at radius 3 is 2.67 bits per heavy atom. The summed E-state index contributed by atoms with van der Waals surface area (Å²) < 4.78 is 1.94. The molecule has 3 aliphatic rings. The summed E-state index contributed by atoms with van der Waals surface area (Å²) in [6.07, 6.45) is 8.81. The van der Waals surface area contributed by atoms with Gasteiger partial charge in [-0.25, -0.2) is 0 Å². The third-order valence-electron chi connectivity index (χ3n) is 5.69. The van der Waals surface area contributed by atoms with E-state index in [1.807, 2.05) is 11.7 Å². The second kappa shape index (κ2) is 3.83. The van der Waals surface area contributed by atoms with Crippen LogP contribution in [0.2, 0.25) is 0 Å². The highest BCUT2D eigenvalue weighted by Crippen LogP contribution is 2.72. The van der Waals surface area contributed by atoms with Crippen LogP contribution in [0.3, 0.4) is 0 Å². The van der Waals surface area contributed by atoms with E-state index in [4.69, 9.17) is 0 Å². The normalized spacial score (nSPS) is 42.0. The van der Waals surface area contributed by atoms with Gasteiger partial charge >= 0.3 is 0 Å². The molecule has 3 heteroatoms. The van der Waals surface area contributed by atoms with Gasteiger partial charge in [-0.05, 0) is 55.4 Å². The molecule has 0 aromatic carbocycles. The first-order chi connectivity index (χ1) is 8.79. The molecule has 3 saturated carbocycles. The Hall–Kier alpha value is -0.830. The highest BCUT2D eigenvalue weighted by molar-refractivity contribution is 5.22. The summed E-state index contributed by atoms with van der Waals surface area (Å²) >= 11 is 0. The van der Waals surface area contributed by atoms with Gasteiger partial charge in [-0.1, -0.05) is 6.92 Å². The number of hydrogen-bond acceptors (Lipinski definition) is 2. The minimum absolute atomic E-state index is 0.557. The fourth-order valence-electron chi connectivity index (χ4n) is 5.14. The fraction of sp³-hybridized carbons (Fsp3) is 0.800. The van der Waals surface area contributed by atoms with E-state index in [1.165, 1.54) is 24.8 Å². The molecule has 3 nitrogen and oxygen atoms in total. The van der Waals surface area contributed by atoms with Gasteiger partial charge in [0.25, 0.3) is 0 Å². The molecule has 2 bridgehead atoms. The predicted molar refractivity (Wildman–Crippen MR) is 70.9 cm³/mol. The molecular formula is C15H23N3. The molecule has 1 aromatic rings. The Labute approximate surface area is 109 Å². The molecule has 0 radical (unpaired) electrons. The van der Waals surface area contributed by atoms with E-state index in [0.717, 1.165) is 36.1 Å². The maximum absolute atomic E-state index is 4.35. The lowest BCUT2D eigenvalue weighted by Gasteiger charge is -2.20. The molecule has 1 heterocycles. The van der Waals surface area contributed by atoms with Gasteiger partial charge in [-0.2, -0.15) is 5.10 Å². The summed E-state index contributed by atoms with van der Waals surface area (Å²) in [5, 5.41) is 8.07. The number of rotatable bonds is 4. The molecule has 3 fully saturated rings. The first-order valence-electron chi connectivity index (χ1n) is 7.51. The average Bonchev–Trinajstić information content (AvgIpc) is 2.73. The monoisotopic (exact) mass is 245 g/mol. The van der Waals surface area contributed by atoms with Crippen LogP contribution in [0.5, 0.6) is 0 Å².